The van der Waals surface area contributed by atoms with Crippen LogP contribution in [0.1, 0.15) is 0 Å². The molecule has 2 aromatic rings. The molecule has 1 N–H and O–H groups in total. The Bertz CT molecular complexity index is 649. The van der Waals surface area contributed by atoms with Crippen molar-refractivity contribution < 1.29 is 4.79 Å². The zero-order chi connectivity index (χ0) is 14.7. The molecular formula is C14H11BrCl2N2O. The number of anilines is 2. The first kappa shape index (κ1) is 15.2. The molecule has 2 amide bonds. The van der Waals surface area contributed by atoms with E-state index in [1.54, 1.807) is 25.2 Å². The third kappa shape index (κ3) is 3.26. The molecule has 20 heavy (non-hydrogen) atoms. The lowest BCUT2D eigenvalue weighted by molar-refractivity contribution is 0.258. The van der Waals surface area contributed by atoms with E-state index in [9.17, 15) is 4.79 Å². The van der Waals surface area contributed by atoms with Gasteiger partial charge in [-0.25, -0.2) is 4.79 Å². The van der Waals surface area contributed by atoms with Crippen molar-refractivity contribution in [3.8, 4) is 0 Å². The number of para-hydroxylation sites is 1. The fourth-order valence-corrected chi connectivity index (χ4v) is 2.53. The van der Waals surface area contributed by atoms with Crippen LogP contribution in [0.3, 0.4) is 0 Å². The molecule has 0 aliphatic carbocycles. The van der Waals surface area contributed by atoms with Crippen molar-refractivity contribution in [2.45, 2.75) is 0 Å². The lowest BCUT2D eigenvalue weighted by atomic mass is 10.3. The number of carbonyl (C=O) groups excluding carboxylic acids is 1. The largest absolute Gasteiger partial charge is 0.326 e. The molecular weight excluding hydrogens is 363 g/mol. The molecule has 2 rings (SSSR count). The Kier molecular flexibility index (Phi) is 4.91. The summed E-state index contributed by atoms with van der Waals surface area (Å²) in [7, 11) is 1.67. The van der Waals surface area contributed by atoms with Crippen LogP contribution in [-0.2, 0) is 0 Å². The summed E-state index contributed by atoms with van der Waals surface area (Å²) in [6, 6.07) is 12.2. The van der Waals surface area contributed by atoms with Crippen LogP contribution in [0.2, 0.25) is 10.0 Å². The highest BCUT2D eigenvalue weighted by atomic mass is 79.9. The monoisotopic (exact) mass is 372 g/mol. The van der Waals surface area contributed by atoms with E-state index in [0.29, 0.717) is 15.7 Å². The van der Waals surface area contributed by atoms with Gasteiger partial charge in [0, 0.05) is 11.5 Å². The summed E-state index contributed by atoms with van der Waals surface area (Å²) in [6.07, 6.45) is 0. The standard InChI is InChI=1S/C14H11BrCl2N2O/c1-19(12-8-3-2-5-9(12)15)14(20)18-11-7-4-6-10(16)13(11)17/h2-8H,1H3,(H,18,20). The summed E-state index contributed by atoms with van der Waals surface area (Å²) in [5, 5.41) is 3.44. The average molecular weight is 374 g/mol. The van der Waals surface area contributed by atoms with E-state index in [2.05, 4.69) is 21.2 Å². The van der Waals surface area contributed by atoms with Crippen molar-refractivity contribution in [1.82, 2.24) is 0 Å². The normalized spacial score (nSPS) is 10.2. The van der Waals surface area contributed by atoms with Gasteiger partial charge in [0.15, 0.2) is 0 Å². The molecule has 0 aliphatic rings. The van der Waals surface area contributed by atoms with Gasteiger partial charge in [0.25, 0.3) is 0 Å². The Labute approximate surface area is 135 Å². The van der Waals surface area contributed by atoms with Crippen molar-refractivity contribution in [1.29, 1.82) is 0 Å². The van der Waals surface area contributed by atoms with Gasteiger partial charge in [0.05, 0.1) is 21.4 Å². The van der Waals surface area contributed by atoms with Crippen molar-refractivity contribution in [2.24, 2.45) is 0 Å². The van der Waals surface area contributed by atoms with E-state index in [-0.39, 0.29) is 6.03 Å². The Morgan fingerprint density at radius 3 is 2.55 bits per heavy atom. The van der Waals surface area contributed by atoms with Crippen LogP contribution in [0.15, 0.2) is 46.9 Å². The SMILES string of the molecule is CN(C(=O)Nc1cccc(Cl)c1Cl)c1ccccc1Br. The van der Waals surface area contributed by atoms with Crippen molar-refractivity contribution >= 4 is 56.5 Å². The second kappa shape index (κ2) is 6.48. The predicted molar refractivity (Wildman–Crippen MR) is 88.0 cm³/mol. The molecule has 0 radical (unpaired) electrons. The molecule has 0 aliphatic heterocycles. The molecule has 0 unspecified atom stereocenters. The number of urea groups is 1. The minimum Gasteiger partial charge on any atom is -0.306 e. The second-order valence-corrected chi connectivity index (χ2v) is 5.68. The van der Waals surface area contributed by atoms with Gasteiger partial charge >= 0.3 is 6.03 Å². The van der Waals surface area contributed by atoms with Gasteiger partial charge in [-0.2, -0.15) is 0 Å². The first-order chi connectivity index (χ1) is 9.50. The average Bonchev–Trinajstić information content (AvgIpc) is 2.43. The number of carbonyl (C=O) groups is 1. The molecule has 3 nitrogen and oxygen atoms in total. The summed E-state index contributed by atoms with van der Waals surface area (Å²) >= 11 is 15.4. The first-order valence-electron chi connectivity index (χ1n) is 5.74. The van der Waals surface area contributed by atoms with Gasteiger partial charge in [-0.3, -0.25) is 4.90 Å². The third-order valence-corrected chi connectivity index (χ3v) is 4.20. The molecule has 0 spiro atoms. The molecule has 0 saturated heterocycles. The molecule has 104 valence electrons. The molecule has 0 saturated carbocycles. The van der Waals surface area contributed by atoms with E-state index in [1.807, 2.05) is 24.3 Å². The number of rotatable bonds is 2. The zero-order valence-corrected chi connectivity index (χ0v) is 13.6. The highest BCUT2D eigenvalue weighted by Crippen LogP contribution is 2.30. The van der Waals surface area contributed by atoms with Gasteiger partial charge in [-0.1, -0.05) is 41.4 Å². The van der Waals surface area contributed by atoms with Crippen molar-refractivity contribution in [3.05, 3.63) is 57.0 Å². The number of amides is 2. The highest BCUT2D eigenvalue weighted by molar-refractivity contribution is 9.10. The van der Waals surface area contributed by atoms with Crippen molar-refractivity contribution in [3.63, 3.8) is 0 Å². The van der Waals surface area contributed by atoms with E-state index >= 15 is 0 Å². The fraction of sp³-hybridized carbons (Fsp3) is 0.0714. The number of nitrogens with one attached hydrogen (secondary N) is 1. The number of hydrogen-bond donors (Lipinski definition) is 1. The third-order valence-electron chi connectivity index (χ3n) is 2.71. The van der Waals surface area contributed by atoms with Crippen LogP contribution in [0, 0.1) is 0 Å². The lowest BCUT2D eigenvalue weighted by Gasteiger charge is -2.20. The van der Waals surface area contributed by atoms with Crippen LogP contribution in [0.5, 0.6) is 0 Å². The number of nitrogens with zero attached hydrogens (tertiary/aromatic N) is 1. The van der Waals surface area contributed by atoms with Gasteiger partial charge in [-0.15, -0.1) is 0 Å². The minimum absolute atomic E-state index is 0.305. The molecule has 2 aromatic carbocycles. The molecule has 0 aromatic heterocycles. The van der Waals surface area contributed by atoms with Gasteiger partial charge in [0.2, 0.25) is 0 Å². The Morgan fingerprint density at radius 1 is 1.15 bits per heavy atom. The van der Waals surface area contributed by atoms with E-state index in [0.717, 1.165) is 10.2 Å². The van der Waals surface area contributed by atoms with Crippen LogP contribution in [0.25, 0.3) is 0 Å². The zero-order valence-electron chi connectivity index (χ0n) is 10.5. The van der Waals surface area contributed by atoms with Crippen LogP contribution in [0.4, 0.5) is 16.2 Å². The summed E-state index contributed by atoms with van der Waals surface area (Å²) in [4.78, 5) is 13.7. The first-order valence-corrected chi connectivity index (χ1v) is 7.29. The molecule has 0 heterocycles. The number of hydrogen-bond acceptors (Lipinski definition) is 1. The predicted octanol–water partition coefficient (Wildman–Crippen LogP) is 5.42. The second-order valence-electron chi connectivity index (χ2n) is 4.04. The molecule has 6 heteroatoms. The summed E-state index contributed by atoms with van der Waals surface area (Å²) in [5.74, 6) is 0. The lowest BCUT2D eigenvalue weighted by Crippen LogP contribution is -2.31. The van der Waals surface area contributed by atoms with Crippen molar-refractivity contribution in [2.75, 3.05) is 17.3 Å². The van der Waals surface area contributed by atoms with Gasteiger partial charge < -0.3 is 5.32 Å². The maximum absolute atomic E-state index is 12.2. The van der Waals surface area contributed by atoms with Crippen LogP contribution in [-0.4, -0.2) is 13.1 Å². The van der Waals surface area contributed by atoms with Gasteiger partial charge in [-0.05, 0) is 40.2 Å². The molecule has 0 bridgehead atoms. The van der Waals surface area contributed by atoms with Crippen LogP contribution >= 0.6 is 39.1 Å². The summed E-state index contributed by atoms with van der Waals surface area (Å²) < 4.78 is 0.829. The maximum atomic E-state index is 12.2. The smallest absolute Gasteiger partial charge is 0.306 e. The highest BCUT2D eigenvalue weighted by Gasteiger charge is 2.15. The van der Waals surface area contributed by atoms with Crippen LogP contribution < -0.4 is 10.2 Å². The fourth-order valence-electron chi connectivity index (χ4n) is 1.63. The number of benzene rings is 2. The minimum atomic E-state index is -0.305. The molecule has 0 atom stereocenters. The number of halogens is 3. The Hall–Kier alpha value is -1.23. The van der Waals surface area contributed by atoms with E-state index < -0.39 is 0 Å². The Balaban J connectivity index is 2.20. The Morgan fingerprint density at radius 2 is 1.85 bits per heavy atom. The summed E-state index contributed by atoms with van der Waals surface area (Å²) in [5.41, 5.74) is 1.23. The quantitative estimate of drug-likeness (QED) is 0.748. The summed E-state index contributed by atoms with van der Waals surface area (Å²) in [6.45, 7) is 0. The maximum Gasteiger partial charge on any atom is 0.326 e. The molecule has 0 fully saturated rings. The topological polar surface area (TPSA) is 32.3 Å². The van der Waals surface area contributed by atoms with Gasteiger partial charge in [0.1, 0.15) is 0 Å². The van der Waals surface area contributed by atoms with E-state index in [1.165, 1.54) is 4.90 Å². The van der Waals surface area contributed by atoms with E-state index in [4.69, 9.17) is 23.2 Å².